The van der Waals surface area contributed by atoms with Gasteiger partial charge in [0, 0.05) is 6.20 Å². The van der Waals surface area contributed by atoms with Crippen LogP contribution in [0.25, 0.3) is 0 Å². The quantitative estimate of drug-likeness (QED) is 0.464. The molecule has 0 aliphatic heterocycles. The second kappa shape index (κ2) is 4.77. The Bertz CT molecular complexity index is 216. The Morgan fingerprint density at radius 1 is 1.25 bits per heavy atom. The van der Waals surface area contributed by atoms with Crippen molar-refractivity contribution in [3.8, 4) is 0 Å². The van der Waals surface area contributed by atoms with Crippen LogP contribution in [0.4, 0.5) is 0 Å². The normalized spacial score (nSPS) is 10.6. The minimum Gasteiger partial charge on any atom is -1.00 e. The molecule has 1 rings (SSSR count). The first kappa shape index (κ1) is 11.8. The molecule has 0 N–H and O–H groups in total. The minimum atomic E-state index is 0. The lowest BCUT2D eigenvalue weighted by atomic mass is 10.3. The van der Waals surface area contributed by atoms with Gasteiger partial charge >= 0.3 is 0 Å². The molecule has 0 unspecified atom stereocenters. The molecule has 1 heterocycles. The van der Waals surface area contributed by atoms with Crippen molar-refractivity contribution in [1.29, 1.82) is 0 Å². The molecule has 12 heavy (non-hydrogen) atoms. The summed E-state index contributed by atoms with van der Waals surface area (Å²) < 4.78 is 0.928. The van der Waals surface area contributed by atoms with E-state index in [9.17, 15) is 0 Å². The van der Waals surface area contributed by atoms with E-state index >= 15 is 0 Å². The second-order valence-corrected chi connectivity index (χ2v) is 3.77. The molecule has 0 aliphatic carbocycles. The molecule has 2 nitrogen and oxygen atoms in total. The first-order chi connectivity index (χ1) is 5.08. The summed E-state index contributed by atoms with van der Waals surface area (Å²) in [5.41, 5.74) is 1.15. The van der Waals surface area contributed by atoms with E-state index in [1.807, 2.05) is 18.3 Å². The van der Waals surface area contributed by atoms with E-state index in [2.05, 4.69) is 32.2 Å². The van der Waals surface area contributed by atoms with E-state index in [-0.39, 0.29) is 24.0 Å². The number of hydrogen-bond donors (Lipinski definition) is 0. The van der Waals surface area contributed by atoms with Crippen LogP contribution >= 0.6 is 0 Å². The van der Waals surface area contributed by atoms with E-state index in [4.69, 9.17) is 0 Å². The van der Waals surface area contributed by atoms with Gasteiger partial charge in [-0.3, -0.25) is 4.98 Å². The van der Waals surface area contributed by atoms with Crippen LogP contribution in [0.5, 0.6) is 0 Å². The van der Waals surface area contributed by atoms with Gasteiger partial charge in [0.25, 0.3) is 0 Å². The van der Waals surface area contributed by atoms with Gasteiger partial charge in [-0.2, -0.15) is 0 Å². The fourth-order valence-electron chi connectivity index (χ4n) is 0.978. The molecule has 0 fully saturated rings. The van der Waals surface area contributed by atoms with Crippen LogP contribution in [0.1, 0.15) is 5.69 Å². The van der Waals surface area contributed by atoms with Crippen molar-refractivity contribution in [3.63, 3.8) is 0 Å². The summed E-state index contributed by atoms with van der Waals surface area (Å²) in [6.07, 6.45) is 1.84. The monoisotopic (exact) mass is 278 g/mol. The minimum absolute atomic E-state index is 0. The van der Waals surface area contributed by atoms with Gasteiger partial charge in [-0.05, 0) is 12.1 Å². The lowest BCUT2D eigenvalue weighted by Gasteiger charge is -2.22. The summed E-state index contributed by atoms with van der Waals surface area (Å²) in [7, 11) is 6.48. The molecule has 0 radical (unpaired) electrons. The first-order valence-electron chi connectivity index (χ1n) is 3.78. The van der Waals surface area contributed by atoms with E-state index in [1.165, 1.54) is 0 Å². The van der Waals surface area contributed by atoms with Crippen LogP contribution in [0, 0.1) is 0 Å². The van der Waals surface area contributed by atoms with Gasteiger partial charge in [-0.15, -0.1) is 0 Å². The molecule has 0 aliphatic rings. The predicted octanol–water partition coefficient (Wildman–Crippen LogP) is -1.71. The zero-order chi connectivity index (χ0) is 8.32. The topological polar surface area (TPSA) is 12.9 Å². The highest BCUT2D eigenvalue weighted by Crippen LogP contribution is 2.01. The van der Waals surface area contributed by atoms with E-state index in [0.717, 1.165) is 16.7 Å². The van der Waals surface area contributed by atoms with Gasteiger partial charge in [0.05, 0.1) is 26.8 Å². The lowest BCUT2D eigenvalue weighted by Crippen LogP contribution is -3.00. The van der Waals surface area contributed by atoms with Crippen LogP contribution in [-0.4, -0.2) is 30.6 Å². The summed E-state index contributed by atoms with van der Waals surface area (Å²) in [6, 6.07) is 6.03. The Balaban J connectivity index is 0.00000121. The van der Waals surface area contributed by atoms with E-state index in [1.54, 1.807) is 0 Å². The standard InChI is InChI=1S/C9H15N2.HI/c1-11(2,3)8-9-6-4-5-7-10-9;/h4-7H,8H2,1-3H3;1H/q+1;/p-1. The van der Waals surface area contributed by atoms with Gasteiger partial charge in [0.1, 0.15) is 6.54 Å². The van der Waals surface area contributed by atoms with Gasteiger partial charge in [-0.25, -0.2) is 0 Å². The van der Waals surface area contributed by atoms with Crippen molar-refractivity contribution in [2.75, 3.05) is 21.1 Å². The van der Waals surface area contributed by atoms with Crippen molar-refractivity contribution in [2.45, 2.75) is 6.54 Å². The number of quaternary nitrogens is 1. The highest BCUT2D eigenvalue weighted by Gasteiger charge is 2.07. The predicted molar refractivity (Wildman–Crippen MR) is 46.0 cm³/mol. The highest BCUT2D eigenvalue weighted by molar-refractivity contribution is 5.01. The molecule has 0 spiro atoms. The van der Waals surface area contributed by atoms with Crippen molar-refractivity contribution in [1.82, 2.24) is 4.98 Å². The molecule has 0 amide bonds. The van der Waals surface area contributed by atoms with E-state index < -0.39 is 0 Å². The summed E-state index contributed by atoms with van der Waals surface area (Å²) in [5.74, 6) is 0. The molecule has 0 aromatic carbocycles. The zero-order valence-electron chi connectivity index (χ0n) is 7.79. The lowest BCUT2D eigenvalue weighted by molar-refractivity contribution is -0.884. The number of pyridine rings is 1. The maximum absolute atomic E-state index is 4.25. The Morgan fingerprint density at radius 3 is 2.33 bits per heavy atom. The molecule has 3 heteroatoms. The average molecular weight is 278 g/mol. The van der Waals surface area contributed by atoms with Gasteiger partial charge in [-0.1, -0.05) is 6.07 Å². The third-order valence-corrected chi connectivity index (χ3v) is 1.36. The summed E-state index contributed by atoms with van der Waals surface area (Å²) in [4.78, 5) is 4.25. The molecule has 0 saturated heterocycles. The summed E-state index contributed by atoms with van der Waals surface area (Å²) in [6.45, 7) is 0.987. The van der Waals surface area contributed by atoms with Crippen molar-refractivity contribution < 1.29 is 28.5 Å². The summed E-state index contributed by atoms with van der Waals surface area (Å²) in [5, 5.41) is 0. The van der Waals surface area contributed by atoms with Gasteiger partial charge < -0.3 is 28.5 Å². The first-order valence-corrected chi connectivity index (χ1v) is 3.78. The summed E-state index contributed by atoms with van der Waals surface area (Å²) >= 11 is 0. The SMILES string of the molecule is C[N+](C)(C)Cc1ccccn1.[I-]. The maximum atomic E-state index is 4.25. The molecule has 68 valence electrons. The fourth-order valence-corrected chi connectivity index (χ4v) is 0.978. The van der Waals surface area contributed by atoms with Crippen molar-refractivity contribution in [2.24, 2.45) is 0 Å². The third-order valence-electron chi connectivity index (χ3n) is 1.36. The number of hydrogen-bond acceptors (Lipinski definition) is 1. The van der Waals surface area contributed by atoms with Crippen LogP contribution in [0.2, 0.25) is 0 Å². The zero-order valence-corrected chi connectivity index (χ0v) is 9.95. The Morgan fingerprint density at radius 2 is 1.92 bits per heavy atom. The number of aromatic nitrogens is 1. The number of nitrogens with zero attached hydrogens (tertiary/aromatic N) is 2. The van der Waals surface area contributed by atoms with Crippen LogP contribution in [0.15, 0.2) is 24.4 Å². The van der Waals surface area contributed by atoms with Gasteiger partial charge in [0.15, 0.2) is 0 Å². The fraction of sp³-hybridized carbons (Fsp3) is 0.444. The molecule has 1 aromatic rings. The maximum Gasteiger partial charge on any atom is 0.121 e. The Labute approximate surface area is 91.2 Å². The smallest absolute Gasteiger partial charge is 0.121 e. The average Bonchev–Trinajstić information content (AvgIpc) is 1.85. The molecule has 0 saturated carbocycles. The third kappa shape index (κ3) is 4.66. The van der Waals surface area contributed by atoms with Crippen LogP contribution in [-0.2, 0) is 6.54 Å². The largest absolute Gasteiger partial charge is 1.00 e. The second-order valence-electron chi connectivity index (χ2n) is 3.77. The van der Waals surface area contributed by atoms with Crippen LogP contribution in [0.3, 0.4) is 0 Å². The Hall–Kier alpha value is -0.160. The highest BCUT2D eigenvalue weighted by atomic mass is 127. The molecule has 0 bridgehead atoms. The van der Waals surface area contributed by atoms with Crippen molar-refractivity contribution >= 4 is 0 Å². The number of halogens is 1. The molecular formula is C9H15IN2. The molecular weight excluding hydrogens is 263 g/mol. The number of rotatable bonds is 2. The van der Waals surface area contributed by atoms with Crippen LogP contribution < -0.4 is 24.0 Å². The Kier molecular flexibility index (Phi) is 4.70. The van der Waals surface area contributed by atoms with E-state index in [0.29, 0.717) is 0 Å². The van der Waals surface area contributed by atoms with Crippen molar-refractivity contribution in [3.05, 3.63) is 30.1 Å². The van der Waals surface area contributed by atoms with Gasteiger partial charge in [0.2, 0.25) is 0 Å². The molecule has 1 aromatic heterocycles. The molecule has 0 atom stereocenters.